The maximum atomic E-state index is 12.5. The van der Waals surface area contributed by atoms with Gasteiger partial charge in [0, 0.05) is 18.1 Å². The SMILES string of the molecule is CN(CCC#N)C(=O)c1ccccc1Oc1cccc(Br)c1. The molecule has 22 heavy (non-hydrogen) atoms. The molecule has 0 saturated heterocycles. The van der Waals surface area contributed by atoms with E-state index in [-0.39, 0.29) is 5.91 Å². The summed E-state index contributed by atoms with van der Waals surface area (Å²) in [5, 5.41) is 8.63. The van der Waals surface area contributed by atoms with Crippen LogP contribution in [0.3, 0.4) is 0 Å². The molecule has 0 N–H and O–H groups in total. The molecule has 0 radical (unpaired) electrons. The number of hydrogen-bond donors (Lipinski definition) is 0. The first-order chi connectivity index (χ1) is 10.6. The van der Waals surface area contributed by atoms with Crippen molar-refractivity contribution >= 4 is 21.8 Å². The lowest BCUT2D eigenvalue weighted by Gasteiger charge is -2.18. The van der Waals surface area contributed by atoms with Crippen LogP contribution in [0.4, 0.5) is 0 Å². The van der Waals surface area contributed by atoms with Crippen molar-refractivity contribution in [2.45, 2.75) is 6.42 Å². The van der Waals surface area contributed by atoms with Crippen LogP contribution in [0, 0.1) is 11.3 Å². The summed E-state index contributed by atoms with van der Waals surface area (Å²) >= 11 is 3.39. The lowest BCUT2D eigenvalue weighted by Crippen LogP contribution is -2.27. The van der Waals surface area contributed by atoms with Crippen molar-refractivity contribution in [2.24, 2.45) is 0 Å². The fraction of sp³-hybridized carbons (Fsp3) is 0.176. The lowest BCUT2D eigenvalue weighted by atomic mass is 10.1. The van der Waals surface area contributed by atoms with Crippen molar-refractivity contribution in [3.8, 4) is 17.6 Å². The maximum Gasteiger partial charge on any atom is 0.257 e. The van der Waals surface area contributed by atoms with E-state index in [1.54, 1.807) is 25.2 Å². The van der Waals surface area contributed by atoms with E-state index in [9.17, 15) is 4.79 Å². The fourth-order valence-corrected chi connectivity index (χ4v) is 2.29. The van der Waals surface area contributed by atoms with Crippen LogP contribution in [0.15, 0.2) is 53.0 Å². The van der Waals surface area contributed by atoms with Gasteiger partial charge in [0.2, 0.25) is 0 Å². The van der Waals surface area contributed by atoms with Crippen LogP contribution in [0.5, 0.6) is 11.5 Å². The summed E-state index contributed by atoms with van der Waals surface area (Å²) in [5.74, 6) is 0.976. The molecule has 2 rings (SSSR count). The molecule has 5 heteroatoms. The van der Waals surface area contributed by atoms with Crippen LogP contribution in [-0.4, -0.2) is 24.4 Å². The molecule has 2 aromatic rings. The second-order valence-corrected chi connectivity index (χ2v) is 5.61. The van der Waals surface area contributed by atoms with Gasteiger partial charge in [-0.25, -0.2) is 0 Å². The van der Waals surface area contributed by atoms with Gasteiger partial charge in [0.05, 0.1) is 18.1 Å². The zero-order chi connectivity index (χ0) is 15.9. The predicted molar refractivity (Wildman–Crippen MR) is 87.8 cm³/mol. The van der Waals surface area contributed by atoms with Gasteiger partial charge in [0.25, 0.3) is 5.91 Å². The number of para-hydroxylation sites is 1. The Morgan fingerprint density at radius 1 is 1.27 bits per heavy atom. The third kappa shape index (κ3) is 4.09. The summed E-state index contributed by atoms with van der Waals surface area (Å²) in [6.07, 6.45) is 0.302. The number of ether oxygens (including phenoxy) is 1. The van der Waals surface area contributed by atoms with Crippen molar-refractivity contribution in [3.05, 3.63) is 58.6 Å². The number of nitriles is 1. The van der Waals surface area contributed by atoms with E-state index in [1.807, 2.05) is 36.4 Å². The summed E-state index contributed by atoms with van der Waals surface area (Å²) in [7, 11) is 1.68. The molecule has 2 aromatic carbocycles. The number of hydrogen-bond acceptors (Lipinski definition) is 3. The van der Waals surface area contributed by atoms with Gasteiger partial charge in [0.15, 0.2) is 0 Å². The van der Waals surface area contributed by atoms with Crippen molar-refractivity contribution in [3.63, 3.8) is 0 Å². The zero-order valence-electron chi connectivity index (χ0n) is 12.1. The van der Waals surface area contributed by atoms with E-state index in [4.69, 9.17) is 10.00 Å². The third-order valence-corrected chi connectivity index (χ3v) is 3.54. The summed E-state index contributed by atoms with van der Waals surface area (Å²) in [6.45, 7) is 0.389. The molecule has 0 fully saturated rings. The minimum absolute atomic E-state index is 0.166. The number of halogens is 1. The van der Waals surface area contributed by atoms with E-state index < -0.39 is 0 Å². The molecule has 0 aliphatic rings. The smallest absolute Gasteiger partial charge is 0.257 e. The van der Waals surface area contributed by atoms with Gasteiger partial charge in [-0.2, -0.15) is 5.26 Å². The lowest BCUT2D eigenvalue weighted by molar-refractivity contribution is 0.0795. The largest absolute Gasteiger partial charge is 0.456 e. The minimum Gasteiger partial charge on any atom is -0.456 e. The number of rotatable bonds is 5. The van der Waals surface area contributed by atoms with E-state index in [0.29, 0.717) is 30.0 Å². The topological polar surface area (TPSA) is 53.3 Å². The van der Waals surface area contributed by atoms with E-state index in [0.717, 1.165) is 4.47 Å². The highest BCUT2D eigenvalue weighted by Crippen LogP contribution is 2.27. The zero-order valence-corrected chi connectivity index (χ0v) is 13.7. The number of amides is 1. The summed E-state index contributed by atoms with van der Waals surface area (Å²) in [5.41, 5.74) is 0.475. The maximum absolute atomic E-state index is 12.5. The van der Waals surface area contributed by atoms with Gasteiger partial charge in [-0.3, -0.25) is 4.79 Å². The second kappa shape index (κ2) is 7.62. The molecule has 0 aliphatic carbocycles. The standard InChI is InChI=1S/C17H15BrN2O2/c1-20(11-5-10-19)17(21)15-8-2-3-9-16(15)22-14-7-4-6-13(18)12-14/h2-4,6-9,12H,5,11H2,1H3. The van der Waals surface area contributed by atoms with Crippen molar-refractivity contribution in [2.75, 3.05) is 13.6 Å². The molecule has 0 atom stereocenters. The van der Waals surface area contributed by atoms with Crippen LogP contribution >= 0.6 is 15.9 Å². The van der Waals surface area contributed by atoms with Gasteiger partial charge in [-0.05, 0) is 30.3 Å². The summed E-state index contributed by atoms with van der Waals surface area (Å²) in [6, 6.07) is 16.5. The molecular weight excluding hydrogens is 344 g/mol. The highest BCUT2D eigenvalue weighted by Gasteiger charge is 2.16. The fourth-order valence-electron chi connectivity index (χ4n) is 1.91. The van der Waals surface area contributed by atoms with Gasteiger partial charge in [0.1, 0.15) is 11.5 Å². The molecule has 112 valence electrons. The van der Waals surface area contributed by atoms with Crippen molar-refractivity contribution in [1.82, 2.24) is 4.90 Å². The Morgan fingerprint density at radius 3 is 2.77 bits per heavy atom. The number of benzene rings is 2. The first kappa shape index (κ1) is 16.1. The molecule has 1 amide bonds. The Morgan fingerprint density at radius 2 is 2.05 bits per heavy atom. The van der Waals surface area contributed by atoms with Gasteiger partial charge < -0.3 is 9.64 Å². The van der Waals surface area contributed by atoms with E-state index in [1.165, 1.54) is 4.90 Å². The number of carbonyl (C=O) groups is 1. The highest BCUT2D eigenvalue weighted by molar-refractivity contribution is 9.10. The van der Waals surface area contributed by atoms with Crippen LogP contribution in [0.1, 0.15) is 16.8 Å². The van der Waals surface area contributed by atoms with E-state index >= 15 is 0 Å². The summed E-state index contributed by atoms with van der Waals surface area (Å²) < 4.78 is 6.73. The molecule has 0 aromatic heterocycles. The molecular formula is C17H15BrN2O2. The Labute approximate surface area is 138 Å². The number of carbonyl (C=O) groups excluding carboxylic acids is 1. The molecule has 0 unspecified atom stereocenters. The summed E-state index contributed by atoms with van der Waals surface area (Å²) in [4.78, 5) is 14.0. The Bertz CT molecular complexity index is 710. The van der Waals surface area contributed by atoms with Gasteiger partial charge in [-0.15, -0.1) is 0 Å². The van der Waals surface area contributed by atoms with Gasteiger partial charge >= 0.3 is 0 Å². The molecule has 0 bridgehead atoms. The average molecular weight is 359 g/mol. The third-order valence-electron chi connectivity index (χ3n) is 3.05. The van der Waals surface area contributed by atoms with Crippen LogP contribution in [0.25, 0.3) is 0 Å². The predicted octanol–water partition coefficient (Wildman–Crippen LogP) is 4.23. The molecule has 0 heterocycles. The normalized spacial score (nSPS) is 9.86. The first-order valence-corrected chi connectivity index (χ1v) is 7.56. The Balaban J connectivity index is 2.23. The quantitative estimate of drug-likeness (QED) is 0.803. The molecule has 0 spiro atoms. The number of nitrogens with zero attached hydrogens (tertiary/aromatic N) is 2. The Kier molecular flexibility index (Phi) is 5.56. The first-order valence-electron chi connectivity index (χ1n) is 6.76. The monoisotopic (exact) mass is 358 g/mol. The van der Waals surface area contributed by atoms with Crippen LogP contribution in [0.2, 0.25) is 0 Å². The minimum atomic E-state index is -0.166. The van der Waals surface area contributed by atoms with Crippen molar-refractivity contribution < 1.29 is 9.53 Å². The molecule has 0 saturated carbocycles. The Hall–Kier alpha value is -2.32. The van der Waals surface area contributed by atoms with Crippen LogP contribution in [-0.2, 0) is 0 Å². The second-order valence-electron chi connectivity index (χ2n) is 4.69. The average Bonchev–Trinajstić information content (AvgIpc) is 2.52. The highest BCUT2D eigenvalue weighted by atomic mass is 79.9. The van der Waals surface area contributed by atoms with Crippen molar-refractivity contribution in [1.29, 1.82) is 5.26 Å². The van der Waals surface area contributed by atoms with E-state index in [2.05, 4.69) is 15.9 Å². The molecule has 4 nitrogen and oxygen atoms in total. The van der Waals surface area contributed by atoms with Gasteiger partial charge in [-0.1, -0.05) is 34.1 Å². The van der Waals surface area contributed by atoms with Crippen LogP contribution < -0.4 is 4.74 Å². The molecule has 0 aliphatic heterocycles.